The Morgan fingerprint density at radius 1 is 1.24 bits per heavy atom. The minimum absolute atomic E-state index is 0. The summed E-state index contributed by atoms with van der Waals surface area (Å²) in [5.41, 5.74) is 5.46. The van der Waals surface area contributed by atoms with E-state index in [-0.39, 0.29) is 29.6 Å². The first-order valence-corrected chi connectivity index (χ1v) is 10.3. The zero-order valence-electron chi connectivity index (χ0n) is 19.2. The van der Waals surface area contributed by atoms with Crippen LogP contribution in [0.3, 0.4) is 0 Å². The number of hydrogen-bond acceptors (Lipinski definition) is 7. The van der Waals surface area contributed by atoms with Crippen molar-refractivity contribution in [3.05, 3.63) is 65.2 Å². The van der Waals surface area contributed by atoms with Gasteiger partial charge in [-0.3, -0.25) is 4.79 Å². The third-order valence-corrected chi connectivity index (χ3v) is 5.10. The summed E-state index contributed by atoms with van der Waals surface area (Å²) in [6, 6.07) is 8.06. The van der Waals surface area contributed by atoms with Gasteiger partial charge in [0.2, 0.25) is 5.89 Å². The minimum Gasteiger partial charge on any atom is -0.380 e. The lowest BCUT2D eigenvalue weighted by molar-refractivity contribution is 0.0937. The normalized spacial score (nSPS) is 11.4. The molecule has 3 aromatic heterocycles. The highest BCUT2D eigenvalue weighted by atomic mass is 35.5. The lowest BCUT2D eigenvalue weighted by atomic mass is 9.97. The number of benzene rings is 1. The number of halogens is 1. The van der Waals surface area contributed by atoms with Gasteiger partial charge < -0.3 is 14.6 Å². The fourth-order valence-electron chi connectivity index (χ4n) is 3.37. The molecule has 174 valence electrons. The number of ether oxygens (including phenoxy) is 1. The molecule has 1 amide bonds. The van der Waals surface area contributed by atoms with Crippen LogP contribution < -0.4 is 5.32 Å². The van der Waals surface area contributed by atoms with Gasteiger partial charge in [-0.25, -0.2) is 9.50 Å². The topological polar surface area (TPSA) is 107 Å². The third kappa shape index (κ3) is 5.20. The van der Waals surface area contributed by atoms with Crippen molar-refractivity contribution in [1.82, 2.24) is 30.1 Å². The number of carbonyl (C=O) groups excluding carboxylic acids is 1. The van der Waals surface area contributed by atoms with Crippen LogP contribution in [0.5, 0.6) is 0 Å². The summed E-state index contributed by atoms with van der Waals surface area (Å²) in [4.78, 5) is 21.1. The predicted octanol–water partition coefficient (Wildman–Crippen LogP) is 3.88. The Bertz CT molecular complexity index is 1270. The van der Waals surface area contributed by atoms with E-state index in [9.17, 15) is 4.79 Å². The molecule has 9 nitrogen and oxygen atoms in total. The maximum atomic E-state index is 12.4. The van der Waals surface area contributed by atoms with Gasteiger partial charge in [-0.15, -0.1) is 12.4 Å². The van der Waals surface area contributed by atoms with Crippen LogP contribution in [0.15, 0.2) is 41.3 Å². The second kappa shape index (κ2) is 9.68. The van der Waals surface area contributed by atoms with E-state index in [1.165, 1.54) is 0 Å². The van der Waals surface area contributed by atoms with Crippen LogP contribution in [0.4, 0.5) is 0 Å². The molecule has 4 rings (SSSR count). The number of methoxy groups -OCH3 is 1. The van der Waals surface area contributed by atoms with E-state index < -0.39 is 0 Å². The van der Waals surface area contributed by atoms with Crippen molar-refractivity contribution in [3.8, 4) is 11.3 Å². The Labute approximate surface area is 198 Å². The molecule has 0 aliphatic heterocycles. The molecule has 0 spiro atoms. The monoisotopic (exact) mass is 470 g/mol. The van der Waals surface area contributed by atoms with Crippen molar-refractivity contribution >= 4 is 23.8 Å². The van der Waals surface area contributed by atoms with Gasteiger partial charge in [0.05, 0.1) is 17.8 Å². The summed E-state index contributed by atoms with van der Waals surface area (Å²) in [6.45, 7) is 8.72. The van der Waals surface area contributed by atoms with Crippen LogP contribution in [0.1, 0.15) is 54.0 Å². The van der Waals surface area contributed by atoms with Crippen molar-refractivity contribution in [2.24, 2.45) is 0 Å². The van der Waals surface area contributed by atoms with Gasteiger partial charge >= 0.3 is 0 Å². The summed E-state index contributed by atoms with van der Waals surface area (Å²) in [5, 5.41) is 10.9. The summed E-state index contributed by atoms with van der Waals surface area (Å²) in [7, 11) is 1.66. The number of nitrogens with one attached hydrogen (secondary N) is 1. The van der Waals surface area contributed by atoms with Crippen LogP contribution in [-0.2, 0) is 23.3 Å². The highest BCUT2D eigenvalue weighted by Crippen LogP contribution is 2.26. The second-order valence-corrected chi connectivity index (χ2v) is 8.72. The number of nitrogens with zero attached hydrogens (tertiary/aromatic N) is 5. The summed E-state index contributed by atoms with van der Waals surface area (Å²) >= 11 is 0. The molecule has 4 aromatic rings. The number of carbonyl (C=O) groups is 1. The largest absolute Gasteiger partial charge is 0.380 e. The molecular weight excluding hydrogens is 444 g/mol. The average Bonchev–Trinajstić information content (AvgIpc) is 3.39. The van der Waals surface area contributed by atoms with Gasteiger partial charge in [-0.05, 0) is 35.7 Å². The smallest absolute Gasteiger partial charge is 0.292 e. The second-order valence-electron chi connectivity index (χ2n) is 8.72. The maximum Gasteiger partial charge on any atom is 0.292 e. The van der Waals surface area contributed by atoms with E-state index in [4.69, 9.17) is 9.26 Å². The molecule has 0 bridgehead atoms. The molecule has 0 saturated heterocycles. The van der Waals surface area contributed by atoms with Gasteiger partial charge in [-0.2, -0.15) is 10.1 Å². The number of amides is 1. The van der Waals surface area contributed by atoms with Crippen molar-refractivity contribution in [2.75, 3.05) is 7.11 Å². The fourth-order valence-corrected chi connectivity index (χ4v) is 3.37. The molecule has 0 unspecified atom stereocenters. The molecule has 0 radical (unpaired) electrons. The van der Waals surface area contributed by atoms with E-state index in [1.807, 2.05) is 52.1 Å². The Kier molecular flexibility index (Phi) is 7.14. The Hall–Kier alpha value is -3.30. The fraction of sp³-hybridized carbons (Fsp3) is 0.348. The number of aromatic nitrogens is 5. The molecule has 1 N–H and O–H groups in total. The molecule has 10 heteroatoms. The molecule has 0 aliphatic carbocycles. The van der Waals surface area contributed by atoms with Gasteiger partial charge in [0.15, 0.2) is 0 Å². The van der Waals surface area contributed by atoms with Gasteiger partial charge in [-0.1, -0.05) is 38.1 Å². The number of aryl methyl sites for hydroxylation is 1. The zero-order valence-corrected chi connectivity index (χ0v) is 20.1. The lowest BCUT2D eigenvalue weighted by Gasteiger charge is -2.10. The van der Waals surface area contributed by atoms with Gasteiger partial charge in [0.1, 0.15) is 6.33 Å². The quantitative estimate of drug-likeness (QED) is 0.455. The number of rotatable bonds is 6. The molecule has 0 saturated carbocycles. The van der Waals surface area contributed by atoms with Crippen LogP contribution >= 0.6 is 12.4 Å². The van der Waals surface area contributed by atoms with Crippen LogP contribution in [-0.4, -0.2) is 37.8 Å². The van der Waals surface area contributed by atoms with Gasteiger partial charge in [0.25, 0.3) is 11.7 Å². The molecule has 33 heavy (non-hydrogen) atoms. The predicted molar refractivity (Wildman–Crippen MR) is 125 cm³/mol. The summed E-state index contributed by atoms with van der Waals surface area (Å²) in [5.74, 6) is 0.0927. The average molecular weight is 471 g/mol. The summed E-state index contributed by atoms with van der Waals surface area (Å²) < 4.78 is 12.2. The van der Waals surface area contributed by atoms with Crippen molar-refractivity contribution in [3.63, 3.8) is 0 Å². The Morgan fingerprint density at radius 3 is 2.70 bits per heavy atom. The van der Waals surface area contributed by atoms with Crippen molar-refractivity contribution < 1.29 is 14.1 Å². The number of hydrogen-bond donors (Lipinski definition) is 1. The van der Waals surface area contributed by atoms with Crippen LogP contribution in [0, 0.1) is 6.92 Å². The first-order chi connectivity index (χ1) is 15.3. The van der Waals surface area contributed by atoms with E-state index >= 15 is 0 Å². The van der Waals surface area contributed by atoms with E-state index in [1.54, 1.807) is 18.0 Å². The molecule has 0 fully saturated rings. The molecule has 0 atom stereocenters. The first kappa shape index (κ1) is 24.3. The van der Waals surface area contributed by atoms with Crippen LogP contribution in [0.2, 0.25) is 0 Å². The zero-order chi connectivity index (χ0) is 22.9. The molecule has 0 aliphatic rings. The standard InChI is InChI=1S/C23H26N6O3.ClH/c1-14-8-16(19-18-9-15(12-31-5)11-29(18)26-13-25-19)6-7-17(14)10-24-21(30)20-27-22(32-28-20)23(2,3)4;/h6-9,11,13H,10,12H2,1-5H3,(H,24,30);1H. The van der Waals surface area contributed by atoms with Gasteiger partial charge in [0, 0.05) is 30.8 Å². The first-order valence-electron chi connectivity index (χ1n) is 10.3. The maximum absolute atomic E-state index is 12.4. The molecular formula is C23H27ClN6O3. The van der Waals surface area contributed by atoms with Crippen molar-refractivity contribution in [2.45, 2.75) is 46.3 Å². The van der Waals surface area contributed by atoms with Crippen LogP contribution in [0.25, 0.3) is 16.8 Å². The Balaban J connectivity index is 0.00000306. The number of fused-ring (bicyclic) bond motifs is 1. The Morgan fingerprint density at radius 2 is 2.03 bits per heavy atom. The minimum atomic E-state index is -0.371. The summed E-state index contributed by atoms with van der Waals surface area (Å²) in [6.07, 6.45) is 3.48. The lowest BCUT2D eigenvalue weighted by Crippen LogP contribution is -2.24. The highest BCUT2D eigenvalue weighted by Gasteiger charge is 2.24. The van der Waals surface area contributed by atoms with Crippen molar-refractivity contribution in [1.29, 1.82) is 0 Å². The van der Waals surface area contributed by atoms with E-state index in [0.29, 0.717) is 19.0 Å². The molecule has 1 aromatic carbocycles. The highest BCUT2D eigenvalue weighted by molar-refractivity contribution is 5.90. The molecule has 3 heterocycles. The SMILES string of the molecule is COCc1cc2c(-c3ccc(CNC(=O)c4noc(C(C)(C)C)n4)c(C)c3)ncnn2c1.Cl. The van der Waals surface area contributed by atoms with E-state index in [0.717, 1.165) is 33.5 Å². The third-order valence-electron chi connectivity index (χ3n) is 5.10. The van der Waals surface area contributed by atoms with E-state index in [2.05, 4.69) is 31.6 Å².